The van der Waals surface area contributed by atoms with Gasteiger partial charge >= 0.3 is 5.97 Å². The number of nitrogens with one attached hydrogen (secondary N) is 2. The van der Waals surface area contributed by atoms with Crippen molar-refractivity contribution in [3.8, 4) is 0 Å². The lowest BCUT2D eigenvalue weighted by molar-refractivity contribution is -0.145. The fraction of sp³-hybridized carbons (Fsp3) is 0.474. The Morgan fingerprint density at radius 3 is 3.00 bits per heavy atom. The van der Waals surface area contributed by atoms with Gasteiger partial charge in [-0.15, -0.1) is 0 Å². The number of amides is 1. The van der Waals surface area contributed by atoms with Gasteiger partial charge in [0.1, 0.15) is 6.04 Å². The highest BCUT2D eigenvalue weighted by molar-refractivity contribution is 5.87. The summed E-state index contributed by atoms with van der Waals surface area (Å²) in [6.07, 6.45) is 4.35. The molecule has 3 N–H and O–H groups in total. The average molecular weight is 344 g/mol. The van der Waals surface area contributed by atoms with Gasteiger partial charge in [0.05, 0.1) is 6.61 Å². The summed E-state index contributed by atoms with van der Waals surface area (Å²) in [6.45, 7) is 3.09. The first kappa shape index (κ1) is 17.5. The summed E-state index contributed by atoms with van der Waals surface area (Å²) in [5.74, 6) is -1.39. The van der Waals surface area contributed by atoms with Crippen molar-refractivity contribution in [3.05, 3.63) is 35.5 Å². The molecule has 1 aliphatic heterocycles. The van der Waals surface area contributed by atoms with Crippen LogP contribution in [-0.2, 0) is 20.7 Å². The van der Waals surface area contributed by atoms with E-state index in [1.54, 1.807) is 0 Å². The monoisotopic (exact) mass is 344 g/mol. The van der Waals surface area contributed by atoms with Crippen molar-refractivity contribution in [2.45, 2.75) is 38.6 Å². The van der Waals surface area contributed by atoms with E-state index in [2.05, 4.69) is 10.3 Å². The number of hydrogen-bond acceptors (Lipinski definition) is 3. The van der Waals surface area contributed by atoms with Crippen molar-refractivity contribution in [1.29, 1.82) is 0 Å². The van der Waals surface area contributed by atoms with Crippen molar-refractivity contribution in [3.63, 3.8) is 0 Å². The maximum Gasteiger partial charge on any atom is 0.326 e. The highest BCUT2D eigenvalue weighted by Crippen LogP contribution is 2.22. The molecule has 1 saturated heterocycles. The lowest BCUT2D eigenvalue weighted by atomic mass is 9.93. The van der Waals surface area contributed by atoms with Gasteiger partial charge in [-0.2, -0.15) is 0 Å². The van der Waals surface area contributed by atoms with Crippen molar-refractivity contribution in [1.82, 2.24) is 10.3 Å². The van der Waals surface area contributed by atoms with Crippen LogP contribution in [0.25, 0.3) is 10.9 Å². The summed E-state index contributed by atoms with van der Waals surface area (Å²) < 4.78 is 5.35. The van der Waals surface area contributed by atoms with Crippen molar-refractivity contribution < 1.29 is 19.4 Å². The van der Waals surface area contributed by atoms with Gasteiger partial charge in [0.15, 0.2) is 0 Å². The third kappa shape index (κ3) is 4.02. The lowest BCUT2D eigenvalue weighted by Crippen LogP contribution is -2.48. The topological polar surface area (TPSA) is 91.4 Å². The molecule has 0 aliphatic carbocycles. The van der Waals surface area contributed by atoms with Crippen LogP contribution in [0.5, 0.6) is 0 Å². The van der Waals surface area contributed by atoms with Crippen molar-refractivity contribution >= 4 is 22.8 Å². The van der Waals surface area contributed by atoms with E-state index in [0.717, 1.165) is 34.9 Å². The Hall–Kier alpha value is -2.34. The molecular weight excluding hydrogens is 320 g/mol. The van der Waals surface area contributed by atoms with E-state index in [9.17, 15) is 14.7 Å². The normalized spacial score (nSPS) is 18.8. The van der Waals surface area contributed by atoms with Crippen molar-refractivity contribution in [2.75, 3.05) is 13.2 Å². The Kier molecular flexibility index (Phi) is 5.38. The molecule has 6 heteroatoms. The van der Waals surface area contributed by atoms with E-state index >= 15 is 0 Å². The van der Waals surface area contributed by atoms with Crippen molar-refractivity contribution in [2.24, 2.45) is 5.92 Å². The molecule has 25 heavy (non-hydrogen) atoms. The summed E-state index contributed by atoms with van der Waals surface area (Å²) in [5, 5.41) is 13.2. The molecule has 3 rings (SSSR count). The molecule has 0 bridgehead atoms. The van der Waals surface area contributed by atoms with Gasteiger partial charge in [-0.25, -0.2) is 4.79 Å². The van der Waals surface area contributed by atoms with E-state index < -0.39 is 12.0 Å². The van der Waals surface area contributed by atoms with Gasteiger partial charge in [-0.1, -0.05) is 18.2 Å². The number of aromatic nitrogens is 1. The summed E-state index contributed by atoms with van der Waals surface area (Å²) in [4.78, 5) is 27.0. The van der Waals surface area contributed by atoms with E-state index in [0.29, 0.717) is 19.6 Å². The predicted octanol–water partition coefficient (Wildman–Crippen LogP) is 2.40. The van der Waals surface area contributed by atoms with Gasteiger partial charge in [0.2, 0.25) is 5.91 Å². The van der Waals surface area contributed by atoms with Gasteiger partial charge < -0.3 is 20.1 Å². The number of aliphatic carboxylic acids is 1. The number of aryl methyl sites for hydroxylation is 2. The third-order valence-electron chi connectivity index (χ3n) is 4.88. The molecule has 0 saturated carbocycles. The molecule has 1 fully saturated rings. The molecule has 2 heterocycles. The van der Waals surface area contributed by atoms with Gasteiger partial charge in [0.25, 0.3) is 0 Å². The second-order valence-electron chi connectivity index (χ2n) is 6.67. The largest absolute Gasteiger partial charge is 0.480 e. The fourth-order valence-corrected chi connectivity index (χ4v) is 3.47. The molecule has 0 radical (unpaired) electrons. The van der Waals surface area contributed by atoms with E-state index in [1.165, 1.54) is 0 Å². The number of rotatable bonds is 6. The van der Waals surface area contributed by atoms with Crippen LogP contribution in [0.15, 0.2) is 24.4 Å². The number of carbonyl (C=O) groups excluding carboxylic acids is 1. The number of hydrogen-bond donors (Lipinski definition) is 3. The standard InChI is InChI=1S/C19H24N2O4/c1-12-4-2-6-15-13(10-20-17(12)15)7-8-16(22)21-18(19(23)24)14-5-3-9-25-11-14/h2,4,6,10,14,18,20H,3,5,7-9,11H2,1H3,(H,21,22)(H,23,24). The molecule has 2 unspecified atom stereocenters. The minimum Gasteiger partial charge on any atom is -0.480 e. The minimum atomic E-state index is -0.994. The molecule has 6 nitrogen and oxygen atoms in total. The molecule has 1 aromatic heterocycles. The van der Waals surface area contributed by atoms with Crippen LogP contribution in [0.1, 0.15) is 30.4 Å². The van der Waals surface area contributed by atoms with Crippen LogP contribution in [0.3, 0.4) is 0 Å². The predicted molar refractivity (Wildman–Crippen MR) is 94.5 cm³/mol. The fourth-order valence-electron chi connectivity index (χ4n) is 3.47. The smallest absolute Gasteiger partial charge is 0.326 e. The van der Waals surface area contributed by atoms with E-state index in [-0.39, 0.29) is 18.2 Å². The number of fused-ring (bicyclic) bond motifs is 1. The van der Waals surface area contributed by atoms with Gasteiger partial charge in [-0.05, 0) is 37.3 Å². The van der Waals surface area contributed by atoms with Crippen LogP contribution < -0.4 is 5.32 Å². The number of benzene rings is 1. The number of H-pyrrole nitrogens is 1. The Balaban J connectivity index is 1.61. The van der Waals surface area contributed by atoms with Crippen LogP contribution >= 0.6 is 0 Å². The quantitative estimate of drug-likeness (QED) is 0.750. The zero-order valence-corrected chi connectivity index (χ0v) is 14.4. The Bertz CT molecular complexity index is 762. The van der Waals surface area contributed by atoms with Crippen LogP contribution in [0, 0.1) is 12.8 Å². The molecule has 1 amide bonds. The second kappa shape index (κ2) is 7.70. The first-order valence-corrected chi connectivity index (χ1v) is 8.71. The zero-order chi connectivity index (χ0) is 17.8. The molecule has 1 aliphatic rings. The molecular formula is C19H24N2O4. The van der Waals surface area contributed by atoms with Crippen LogP contribution in [-0.4, -0.2) is 41.2 Å². The summed E-state index contributed by atoms with van der Waals surface area (Å²) >= 11 is 0. The number of ether oxygens (including phenoxy) is 1. The second-order valence-corrected chi connectivity index (χ2v) is 6.67. The number of carboxylic acids is 1. The summed E-state index contributed by atoms with van der Waals surface area (Å²) in [6, 6.07) is 5.20. The molecule has 2 atom stereocenters. The van der Waals surface area contributed by atoms with E-state index in [1.807, 2.05) is 31.3 Å². The van der Waals surface area contributed by atoms with Crippen LogP contribution in [0.4, 0.5) is 0 Å². The van der Waals surface area contributed by atoms with Crippen LogP contribution in [0.2, 0.25) is 0 Å². The number of carboxylic acid groups (broad SMARTS) is 1. The maximum absolute atomic E-state index is 12.3. The number of aromatic amines is 1. The number of carbonyl (C=O) groups is 2. The maximum atomic E-state index is 12.3. The van der Waals surface area contributed by atoms with Gasteiger partial charge in [0, 0.05) is 36.0 Å². The molecule has 0 spiro atoms. The summed E-state index contributed by atoms with van der Waals surface area (Å²) in [5.41, 5.74) is 3.32. The molecule has 2 aromatic rings. The summed E-state index contributed by atoms with van der Waals surface area (Å²) in [7, 11) is 0. The molecule has 1 aromatic carbocycles. The average Bonchev–Trinajstić information content (AvgIpc) is 3.03. The Morgan fingerprint density at radius 2 is 2.28 bits per heavy atom. The Labute approximate surface area is 146 Å². The van der Waals surface area contributed by atoms with E-state index in [4.69, 9.17) is 4.74 Å². The zero-order valence-electron chi connectivity index (χ0n) is 14.4. The van der Waals surface area contributed by atoms with Gasteiger partial charge in [-0.3, -0.25) is 4.79 Å². The number of para-hydroxylation sites is 1. The minimum absolute atomic E-state index is 0.161. The lowest BCUT2D eigenvalue weighted by Gasteiger charge is -2.28. The first-order valence-electron chi connectivity index (χ1n) is 8.71. The Morgan fingerprint density at radius 1 is 1.44 bits per heavy atom. The molecule has 134 valence electrons. The highest BCUT2D eigenvalue weighted by Gasteiger charge is 2.31. The SMILES string of the molecule is Cc1cccc2c(CCC(=O)NC(C(=O)O)C3CCCOC3)c[nH]c12. The third-order valence-corrected chi connectivity index (χ3v) is 4.88. The first-order chi connectivity index (χ1) is 12.1. The highest BCUT2D eigenvalue weighted by atomic mass is 16.5.